The zero-order valence-corrected chi connectivity index (χ0v) is 27.9. The average Bonchev–Trinajstić information content (AvgIpc) is 3.87. The summed E-state index contributed by atoms with van der Waals surface area (Å²) in [5.74, 6) is 2.58. The molecule has 1 N–H and O–H groups in total. The van der Waals surface area contributed by atoms with Gasteiger partial charge in [0.15, 0.2) is 5.82 Å². The van der Waals surface area contributed by atoms with E-state index in [-0.39, 0.29) is 29.9 Å². The molecule has 3 heterocycles. The fourth-order valence-electron chi connectivity index (χ4n) is 7.67. The van der Waals surface area contributed by atoms with Crippen LogP contribution in [-0.2, 0) is 11.2 Å². The molecule has 2 aliphatic carbocycles. The molecule has 9 heteroatoms. The van der Waals surface area contributed by atoms with E-state index < -0.39 is 0 Å². The zero-order chi connectivity index (χ0) is 31.7. The largest absolute Gasteiger partial charge is 0.496 e. The standard InChI is InChI=1S/C36H52N6O3/c1-6-31-36(44)39(4)32-16-13-29(37-34(32)42(31)24(2)3)21-26-9-10-27(22-33(26)45-5)35(43)38-28-11-14-30(15-12-28)41-19-17-40(18-20-41)23-25-7-8-25/h9-10,13,16,22,24-25,28,30-31H,6-8,11-12,14-15,17-21,23H2,1-5H3,(H,38,43)/t28?,30?,31-/m1/s1. The van der Waals surface area contributed by atoms with E-state index in [9.17, 15) is 9.59 Å². The van der Waals surface area contributed by atoms with Crippen LogP contribution in [0, 0.1) is 5.92 Å². The van der Waals surface area contributed by atoms with Gasteiger partial charge >= 0.3 is 0 Å². The number of methoxy groups -OCH3 is 1. The molecule has 9 nitrogen and oxygen atoms in total. The lowest BCUT2D eigenvalue weighted by Gasteiger charge is -2.42. The molecule has 6 rings (SSSR count). The van der Waals surface area contributed by atoms with Crippen molar-refractivity contribution in [3.63, 3.8) is 0 Å². The van der Waals surface area contributed by atoms with Crippen molar-refractivity contribution in [3.8, 4) is 5.75 Å². The lowest BCUT2D eigenvalue weighted by Crippen LogP contribution is -2.54. The van der Waals surface area contributed by atoms with Gasteiger partial charge in [0.05, 0.1) is 12.8 Å². The second-order valence-electron chi connectivity index (χ2n) is 13.9. The van der Waals surface area contributed by atoms with Crippen molar-refractivity contribution >= 4 is 23.3 Å². The molecule has 1 aromatic heterocycles. The number of carbonyl (C=O) groups excluding carboxylic acids is 2. The maximum Gasteiger partial charge on any atom is 0.251 e. The Morgan fingerprint density at radius 1 is 1.02 bits per heavy atom. The van der Waals surface area contributed by atoms with Gasteiger partial charge in [0.25, 0.3) is 5.91 Å². The Labute approximate surface area is 269 Å². The van der Waals surface area contributed by atoms with Gasteiger partial charge in [-0.25, -0.2) is 4.98 Å². The number of hydrogen-bond donors (Lipinski definition) is 1. The number of benzene rings is 1. The maximum absolute atomic E-state index is 13.3. The maximum atomic E-state index is 13.3. The molecule has 1 saturated heterocycles. The number of hydrogen-bond acceptors (Lipinski definition) is 7. The average molecular weight is 617 g/mol. The third-order valence-electron chi connectivity index (χ3n) is 10.5. The van der Waals surface area contributed by atoms with Gasteiger partial charge in [0.2, 0.25) is 5.91 Å². The molecule has 2 aliphatic heterocycles. The second-order valence-corrected chi connectivity index (χ2v) is 13.9. The highest BCUT2D eigenvalue weighted by Gasteiger charge is 2.38. The monoisotopic (exact) mass is 616 g/mol. The summed E-state index contributed by atoms with van der Waals surface area (Å²) < 4.78 is 5.77. The van der Waals surface area contributed by atoms with Crippen LogP contribution in [0.1, 0.15) is 87.3 Å². The van der Waals surface area contributed by atoms with Gasteiger partial charge in [-0.05, 0) is 89.0 Å². The van der Waals surface area contributed by atoms with Crippen LogP contribution in [0.25, 0.3) is 0 Å². The summed E-state index contributed by atoms with van der Waals surface area (Å²) >= 11 is 0. The highest BCUT2D eigenvalue weighted by atomic mass is 16.5. The summed E-state index contributed by atoms with van der Waals surface area (Å²) in [6.45, 7) is 12.4. The van der Waals surface area contributed by atoms with Crippen LogP contribution >= 0.6 is 0 Å². The van der Waals surface area contributed by atoms with Crippen LogP contribution in [0.4, 0.5) is 11.5 Å². The molecule has 0 bridgehead atoms. The first kappa shape index (κ1) is 31.8. The predicted molar refractivity (Wildman–Crippen MR) is 179 cm³/mol. The van der Waals surface area contributed by atoms with E-state index in [1.807, 2.05) is 44.3 Å². The van der Waals surface area contributed by atoms with Gasteiger partial charge in [-0.2, -0.15) is 0 Å². The van der Waals surface area contributed by atoms with E-state index >= 15 is 0 Å². The van der Waals surface area contributed by atoms with Crippen molar-refractivity contribution in [2.45, 2.75) is 96.3 Å². The minimum Gasteiger partial charge on any atom is -0.496 e. The number of aromatic nitrogens is 1. The normalized spacial score (nSPS) is 24.6. The van der Waals surface area contributed by atoms with Gasteiger partial charge in [-0.3, -0.25) is 14.5 Å². The number of ether oxygens (including phenoxy) is 1. The van der Waals surface area contributed by atoms with Crippen LogP contribution in [0.3, 0.4) is 0 Å². The Bertz CT molecular complexity index is 1360. The Morgan fingerprint density at radius 3 is 2.40 bits per heavy atom. The number of nitrogens with zero attached hydrogens (tertiary/aromatic N) is 5. The Hall–Kier alpha value is -3.17. The fraction of sp³-hybridized carbons (Fsp3) is 0.639. The van der Waals surface area contributed by atoms with Gasteiger partial charge in [0, 0.05) is 81.1 Å². The van der Waals surface area contributed by atoms with Crippen molar-refractivity contribution in [1.29, 1.82) is 0 Å². The van der Waals surface area contributed by atoms with E-state index in [1.165, 1.54) is 45.6 Å². The minimum atomic E-state index is -0.222. The summed E-state index contributed by atoms with van der Waals surface area (Å²) in [5, 5.41) is 3.31. The molecule has 2 aromatic rings. The number of anilines is 2. The smallest absolute Gasteiger partial charge is 0.251 e. The zero-order valence-electron chi connectivity index (χ0n) is 27.9. The number of pyridine rings is 1. The van der Waals surface area contributed by atoms with Gasteiger partial charge in [-0.1, -0.05) is 13.0 Å². The fourth-order valence-corrected chi connectivity index (χ4v) is 7.67. The Morgan fingerprint density at radius 2 is 1.76 bits per heavy atom. The van der Waals surface area contributed by atoms with Crippen LogP contribution in [0.15, 0.2) is 30.3 Å². The SMILES string of the molecule is CC[C@@H]1C(=O)N(C)c2ccc(Cc3ccc(C(=O)NC4CCC(N5CCN(CC6CC6)CC5)CC4)cc3OC)nc2N1C(C)C. The summed E-state index contributed by atoms with van der Waals surface area (Å²) in [6.07, 6.45) is 8.53. The molecule has 2 saturated carbocycles. The molecule has 4 aliphatic rings. The number of nitrogens with one attached hydrogen (secondary N) is 1. The van der Waals surface area contributed by atoms with Crippen molar-refractivity contribution in [2.24, 2.45) is 5.92 Å². The van der Waals surface area contributed by atoms with E-state index in [2.05, 4.69) is 33.9 Å². The Kier molecular flexibility index (Phi) is 9.66. The number of carbonyl (C=O) groups is 2. The third kappa shape index (κ3) is 6.99. The number of rotatable bonds is 10. The summed E-state index contributed by atoms with van der Waals surface area (Å²) in [7, 11) is 3.49. The van der Waals surface area contributed by atoms with Crippen molar-refractivity contribution < 1.29 is 14.3 Å². The van der Waals surface area contributed by atoms with Crippen LogP contribution in [0.2, 0.25) is 0 Å². The number of piperazine rings is 1. The first-order valence-electron chi connectivity index (χ1n) is 17.3. The first-order valence-corrected chi connectivity index (χ1v) is 17.3. The van der Waals surface area contributed by atoms with E-state index in [4.69, 9.17) is 9.72 Å². The van der Waals surface area contributed by atoms with Gasteiger partial charge < -0.3 is 24.8 Å². The number of likely N-dealkylation sites (N-methyl/N-ethyl adjacent to an activating group) is 1. The van der Waals surface area contributed by atoms with Crippen LogP contribution in [-0.4, -0.2) is 97.6 Å². The quantitative estimate of drug-likeness (QED) is 0.414. The van der Waals surface area contributed by atoms with Crippen LogP contribution in [0.5, 0.6) is 5.75 Å². The van der Waals surface area contributed by atoms with Crippen molar-refractivity contribution in [3.05, 3.63) is 47.2 Å². The molecule has 3 fully saturated rings. The second kappa shape index (κ2) is 13.7. The van der Waals surface area contributed by atoms with E-state index in [1.54, 1.807) is 12.0 Å². The van der Waals surface area contributed by atoms with Gasteiger partial charge in [-0.15, -0.1) is 0 Å². The van der Waals surface area contributed by atoms with Crippen molar-refractivity contribution in [2.75, 3.05) is 56.7 Å². The molecule has 1 aromatic carbocycles. The van der Waals surface area contributed by atoms with E-state index in [0.717, 1.165) is 60.8 Å². The van der Waals surface area contributed by atoms with Gasteiger partial charge in [0.1, 0.15) is 11.8 Å². The van der Waals surface area contributed by atoms with E-state index in [0.29, 0.717) is 23.8 Å². The predicted octanol–water partition coefficient (Wildman–Crippen LogP) is 4.72. The molecule has 45 heavy (non-hydrogen) atoms. The topological polar surface area (TPSA) is 81.2 Å². The lowest BCUT2D eigenvalue weighted by molar-refractivity contribution is -0.120. The molecule has 0 spiro atoms. The summed E-state index contributed by atoms with van der Waals surface area (Å²) in [5.41, 5.74) is 3.33. The molecule has 0 unspecified atom stereocenters. The third-order valence-corrected chi connectivity index (χ3v) is 10.5. The first-order chi connectivity index (χ1) is 21.7. The molecular formula is C36H52N6O3. The lowest BCUT2D eigenvalue weighted by atomic mass is 9.89. The summed E-state index contributed by atoms with van der Waals surface area (Å²) in [4.78, 5) is 40.6. The number of fused-ring (bicyclic) bond motifs is 1. The number of amides is 2. The molecule has 2 amide bonds. The molecule has 1 atom stereocenters. The highest BCUT2D eigenvalue weighted by Crippen LogP contribution is 2.37. The van der Waals surface area contributed by atoms with Crippen molar-refractivity contribution in [1.82, 2.24) is 20.1 Å². The molecule has 0 radical (unpaired) electrons. The highest BCUT2D eigenvalue weighted by molar-refractivity contribution is 6.04. The minimum absolute atomic E-state index is 0.0326. The molecular weight excluding hydrogens is 564 g/mol. The van der Waals surface area contributed by atoms with Crippen LogP contribution < -0.4 is 19.9 Å². The Balaban J connectivity index is 1.06. The summed E-state index contributed by atoms with van der Waals surface area (Å²) in [6, 6.07) is 10.5. The molecule has 244 valence electrons.